The minimum absolute atomic E-state index is 0.00257. The summed E-state index contributed by atoms with van der Waals surface area (Å²) in [4.78, 5) is 23.4. The minimum atomic E-state index is -4.11. The third kappa shape index (κ3) is 4.97. The van der Waals surface area contributed by atoms with Gasteiger partial charge in [0.15, 0.2) is 0 Å². The maximum atomic E-state index is 12.2. The van der Waals surface area contributed by atoms with Crippen LogP contribution in [-0.4, -0.2) is 39.6 Å². The maximum Gasteiger partial charge on any atom is 0.335 e. The van der Waals surface area contributed by atoms with Gasteiger partial charge in [-0.15, -0.1) is 0 Å². The Morgan fingerprint density at radius 3 is 1.95 bits per heavy atom. The number of hydrogen-bond donors (Lipinski definition) is 1. The molecule has 0 unspecified atom stereocenters. The van der Waals surface area contributed by atoms with E-state index in [2.05, 4.69) is 9.47 Å². The van der Waals surface area contributed by atoms with Crippen LogP contribution in [0, 0.1) is 0 Å². The van der Waals surface area contributed by atoms with Crippen LogP contribution in [0.5, 0.6) is 0 Å². The van der Waals surface area contributed by atoms with E-state index in [9.17, 15) is 18.0 Å². The molecule has 1 aromatic carbocycles. The van der Waals surface area contributed by atoms with Crippen LogP contribution in [0.1, 0.15) is 13.8 Å². The summed E-state index contributed by atoms with van der Waals surface area (Å²) in [5.41, 5.74) is 0. The summed E-state index contributed by atoms with van der Waals surface area (Å²) in [6.45, 7) is 3.07. The molecule has 0 fully saturated rings. The first-order chi connectivity index (χ1) is 10.3. The van der Waals surface area contributed by atoms with Crippen molar-refractivity contribution < 1.29 is 27.5 Å². The number of carbonyl (C=O) groups is 2. The first-order valence-corrected chi connectivity index (χ1v) is 8.29. The van der Waals surface area contributed by atoms with Crippen LogP contribution in [0.4, 0.5) is 0 Å². The molecule has 1 aromatic rings. The van der Waals surface area contributed by atoms with Gasteiger partial charge in [0.1, 0.15) is 0 Å². The van der Waals surface area contributed by atoms with Crippen LogP contribution >= 0.6 is 11.6 Å². The molecule has 0 heterocycles. The zero-order valence-electron chi connectivity index (χ0n) is 12.0. The van der Waals surface area contributed by atoms with Gasteiger partial charge < -0.3 is 9.47 Å². The van der Waals surface area contributed by atoms with Gasteiger partial charge in [-0.1, -0.05) is 11.6 Å². The third-order valence-electron chi connectivity index (χ3n) is 2.44. The van der Waals surface area contributed by atoms with Crippen molar-refractivity contribution in [2.75, 3.05) is 13.2 Å². The highest BCUT2D eigenvalue weighted by molar-refractivity contribution is 7.89. The average molecular weight is 350 g/mol. The second kappa shape index (κ2) is 8.11. The second-order valence-corrected chi connectivity index (χ2v) is 6.16. The normalized spacial score (nSPS) is 11.3. The zero-order valence-corrected chi connectivity index (χ0v) is 13.6. The van der Waals surface area contributed by atoms with Crippen LogP contribution in [0.15, 0.2) is 29.2 Å². The van der Waals surface area contributed by atoms with Crippen LogP contribution < -0.4 is 4.72 Å². The topological polar surface area (TPSA) is 98.8 Å². The number of rotatable bonds is 7. The molecule has 9 heteroatoms. The smallest absolute Gasteiger partial charge is 0.335 e. The van der Waals surface area contributed by atoms with E-state index in [4.69, 9.17) is 11.6 Å². The van der Waals surface area contributed by atoms with Gasteiger partial charge in [-0.2, -0.15) is 4.72 Å². The highest BCUT2D eigenvalue weighted by atomic mass is 35.5. The fraction of sp³-hybridized carbons (Fsp3) is 0.385. The van der Waals surface area contributed by atoms with Gasteiger partial charge in [-0.05, 0) is 38.1 Å². The number of benzene rings is 1. The third-order valence-corrected chi connectivity index (χ3v) is 4.13. The Balaban J connectivity index is 3.03. The minimum Gasteiger partial charge on any atom is -0.464 e. The van der Waals surface area contributed by atoms with Gasteiger partial charge in [-0.25, -0.2) is 18.0 Å². The van der Waals surface area contributed by atoms with Gasteiger partial charge >= 0.3 is 11.9 Å². The standard InChI is InChI=1S/C13H16ClNO6S/c1-3-20-12(16)11(13(17)21-4-2)15-22(18,19)10-7-5-9(14)6-8-10/h5-8,11,15H,3-4H2,1-2H3. The fourth-order valence-corrected chi connectivity index (χ4v) is 2.74. The van der Waals surface area contributed by atoms with Gasteiger partial charge in [0.2, 0.25) is 16.1 Å². The van der Waals surface area contributed by atoms with Gasteiger partial charge in [-0.3, -0.25) is 0 Å². The Morgan fingerprint density at radius 2 is 1.55 bits per heavy atom. The van der Waals surface area contributed by atoms with Crippen molar-refractivity contribution in [2.24, 2.45) is 0 Å². The van der Waals surface area contributed by atoms with Gasteiger partial charge in [0, 0.05) is 5.02 Å². The molecule has 0 aliphatic heterocycles. The average Bonchev–Trinajstić information content (AvgIpc) is 2.45. The molecule has 0 radical (unpaired) electrons. The molecule has 0 spiro atoms. The van der Waals surface area contributed by atoms with E-state index in [1.807, 2.05) is 4.72 Å². The lowest BCUT2D eigenvalue weighted by atomic mass is 10.3. The van der Waals surface area contributed by atoms with E-state index in [1.54, 1.807) is 0 Å². The van der Waals surface area contributed by atoms with Crippen molar-refractivity contribution >= 4 is 33.6 Å². The molecule has 0 aliphatic carbocycles. The largest absolute Gasteiger partial charge is 0.464 e. The molecule has 0 bridgehead atoms. The molecule has 22 heavy (non-hydrogen) atoms. The van der Waals surface area contributed by atoms with E-state index in [-0.39, 0.29) is 18.1 Å². The number of ether oxygens (including phenoxy) is 2. The van der Waals surface area contributed by atoms with Crippen LogP contribution in [0.2, 0.25) is 5.02 Å². The van der Waals surface area contributed by atoms with Crippen molar-refractivity contribution in [3.8, 4) is 0 Å². The summed E-state index contributed by atoms with van der Waals surface area (Å²) >= 11 is 5.69. The molecule has 1 N–H and O–H groups in total. The van der Waals surface area contributed by atoms with E-state index < -0.39 is 28.0 Å². The molecule has 0 saturated heterocycles. The van der Waals surface area contributed by atoms with Crippen molar-refractivity contribution in [1.29, 1.82) is 0 Å². The van der Waals surface area contributed by atoms with E-state index >= 15 is 0 Å². The summed E-state index contributed by atoms with van der Waals surface area (Å²) in [6, 6.07) is 3.48. The van der Waals surface area contributed by atoms with Crippen LogP contribution in [0.3, 0.4) is 0 Å². The molecule has 0 atom stereocenters. The zero-order chi connectivity index (χ0) is 16.8. The van der Waals surface area contributed by atoms with Crippen molar-refractivity contribution in [3.63, 3.8) is 0 Å². The number of halogens is 1. The Bertz CT molecular complexity index is 610. The monoisotopic (exact) mass is 349 g/mol. The molecular weight excluding hydrogens is 334 g/mol. The fourth-order valence-electron chi connectivity index (χ4n) is 1.48. The number of hydrogen-bond acceptors (Lipinski definition) is 6. The lowest BCUT2D eigenvalue weighted by Gasteiger charge is -2.16. The maximum absolute atomic E-state index is 12.2. The first-order valence-electron chi connectivity index (χ1n) is 6.43. The molecule has 1 rings (SSSR count). The van der Waals surface area contributed by atoms with Gasteiger partial charge in [0.05, 0.1) is 18.1 Å². The number of carbonyl (C=O) groups excluding carboxylic acids is 2. The van der Waals surface area contributed by atoms with E-state index in [0.29, 0.717) is 5.02 Å². The van der Waals surface area contributed by atoms with Gasteiger partial charge in [0.25, 0.3) is 0 Å². The van der Waals surface area contributed by atoms with E-state index in [1.165, 1.54) is 38.1 Å². The Kier molecular flexibility index (Phi) is 6.79. The molecule has 7 nitrogen and oxygen atoms in total. The summed E-state index contributed by atoms with van der Waals surface area (Å²) < 4.78 is 35.8. The van der Waals surface area contributed by atoms with Crippen LogP contribution in [0.25, 0.3) is 0 Å². The lowest BCUT2D eigenvalue weighted by Crippen LogP contribution is -2.48. The molecule has 0 aliphatic rings. The SMILES string of the molecule is CCOC(=O)C(NS(=O)(=O)c1ccc(Cl)cc1)C(=O)OCC. The Morgan fingerprint density at radius 1 is 1.09 bits per heavy atom. The molecule has 122 valence electrons. The number of sulfonamides is 1. The van der Waals surface area contributed by atoms with Crippen molar-refractivity contribution in [3.05, 3.63) is 29.3 Å². The van der Waals surface area contributed by atoms with E-state index in [0.717, 1.165) is 0 Å². The molecular formula is C13H16ClNO6S. The molecule has 0 amide bonds. The van der Waals surface area contributed by atoms with Crippen molar-refractivity contribution in [2.45, 2.75) is 24.8 Å². The van der Waals surface area contributed by atoms with Crippen LogP contribution in [-0.2, 0) is 29.1 Å². The molecule has 0 saturated carbocycles. The summed E-state index contributed by atoms with van der Waals surface area (Å²) in [5, 5.41) is 0.353. The summed E-state index contributed by atoms with van der Waals surface area (Å²) in [7, 11) is -4.11. The highest BCUT2D eigenvalue weighted by Crippen LogP contribution is 2.14. The summed E-state index contributed by atoms with van der Waals surface area (Å²) in [6.07, 6.45) is 0. The second-order valence-electron chi connectivity index (χ2n) is 4.01. The predicted molar refractivity (Wildman–Crippen MR) is 78.8 cm³/mol. The quantitative estimate of drug-likeness (QED) is 0.585. The highest BCUT2D eigenvalue weighted by Gasteiger charge is 2.34. The van der Waals surface area contributed by atoms with Crippen molar-refractivity contribution in [1.82, 2.24) is 4.72 Å². The predicted octanol–water partition coefficient (Wildman–Crippen LogP) is 1.11. The number of esters is 2. The Labute approximate surface area is 133 Å². The lowest BCUT2D eigenvalue weighted by molar-refractivity contribution is -0.157. The summed E-state index contributed by atoms with van der Waals surface area (Å²) in [5.74, 6) is -2.06. The first kappa shape index (κ1) is 18.4. The number of nitrogens with one attached hydrogen (secondary N) is 1. The Hall–Kier alpha value is -1.64. The molecule has 0 aromatic heterocycles.